The predicted molar refractivity (Wildman–Crippen MR) is 117 cm³/mol. The molecule has 164 valence electrons. The van der Waals surface area contributed by atoms with Crippen molar-refractivity contribution in [3.63, 3.8) is 0 Å². The number of carboxylic acids is 1. The SMILES string of the molecule is O=C(O)c1ccc(CS(=O)c2ccc(F)cc2NS(=O)(=O)c2cc3ccccc3o2)cc1. The standard InChI is InChI=1S/C22H16FNO6S2/c23-17-9-10-20(31(27)13-14-5-7-15(8-6-14)22(25)26)18(12-17)24-32(28,29)21-11-16-3-1-2-4-19(16)30-21/h1-12,24H,13H2,(H,25,26). The van der Waals surface area contributed by atoms with Crippen molar-refractivity contribution in [2.75, 3.05) is 4.72 Å². The summed E-state index contributed by atoms with van der Waals surface area (Å²) < 4.78 is 60.2. The maximum Gasteiger partial charge on any atom is 0.335 e. The normalized spacial score (nSPS) is 12.5. The van der Waals surface area contributed by atoms with E-state index in [0.717, 1.165) is 12.1 Å². The Hall–Kier alpha value is -3.50. The molecule has 0 aliphatic heterocycles. The van der Waals surface area contributed by atoms with E-state index in [1.807, 2.05) is 0 Å². The van der Waals surface area contributed by atoms with Gasteiger partial charge in [0.05, 0.1) is 32.7 Å². The van der Waals surface area contributed by atoms with Crippen LogP contribution in [-0.2, 0) is 26.6 Å². The fourth-order valence-corrected chi connectivity index (χ4v) is 5.37. The first kappa shape index (κ1) is 21.7. The number of furan rings is 1. The van der Waals surface area contributed by atoms with Crippen LogP contribution < -0.4 is 4.72 Å². The zero-order valence-corrected chi connectivity index (χ0v) is 18.0. The van der Waals surface area contributed by atoms with Crippen LogP contribution in [0.25, 0.3) is 11.0 Å². The van der Waals surface area contributed by atoms with Gasteiger partial charge in [-0.15, -0.1) is 0 Å². The fraction of sp³-hybridized carbons (Fsp3) is 0.0455. The number of sulfonamides is 1. The summed E-state index contributed by atoms with van der Waals surface area (Å²) in [4.78, 5) is 11.0. The molecule has 4 rings (SSSR count). The minimum atomic E-state index is -4.22. The first-order chi connectivity index (χ1) is 15.2. The van der Waals surface area contributed by atoms with E-state index in [4.69, 9.17) is 9.52 Å². The molecule has 1 atom stereocenters. The smallest absolute Gasteiger partial charge is 0.335 e. The summed E-state index contributed by atoms with van der Waals surface area (Å²) >= 11 is 0. The second-order valence-electron chi connectivity index (χ2n) is 6.84. The van der Waals surface area contributed by atoms with Crippen molar-refractivity contribution in [2.24, 2.45) is 0 Å². The number of carboxylic acid groups (broad SMARTS) is 1. The van der Waals surface area contributed by atoms with Crippen molar-refractivity contribution in [1.82, 2.24) is 0 Å². The molecule has 32 heavy (non-hydrogen) atoms. The van der Waals surface area contributed by atoms with Crippen molar-refractivity contribution in [3.05, 3.63) is 89.7 Å². The van der Waals surface area contributed by atoms with Crippen molar-refractivity contribution in [1.29, 1.82) is 0 Å². The van der Waals surface area contributed by atoms with Crippen LogP contribution in [-0.4, -0.2) is 23.7 Å². The van der Waals surface area contributed by atoms with Crippen LogP contribution in [0.2, 0.25) is 0 Å². The van der Waals surface area contributed by atoms with Crippen LogP contribution in [0.15, 0.2) is 87.2 Å². The fourth-order valence-electron chi connectivity index (χ4n) is 3.04. The van der Waals surface area contributed by atoms with Crippen molar-refractivity contribution < 1.29 is 31.3 Å². The summed E-state index contributed by atoms with van der Waals surface area (Å²) in [5.74, 6) is -1.82. The molecule has 0 amide bonds. The van der Waals surface area contributed by atoms with Crippen molar-refractivity contribution in [2.45, 2.75) is 15.7 Å². The van der Waals surface area contributed by atoms with Gasteiger partial charge in [-0.3, -0.25) is 8.93 Å². The maximum absolute atomic E-state index is 13.9. The molecule has 2 N–H and O–H groups in total. The largest absolute Gasteiger partial charge is 0.478 e. The van der Waals surface area contributed by atoms with Crippen LogP contribution in [0.4, 0.5) is 10.1 Å². The molecule has 0 aliphatic rings. The summed E-state index contributed by atoms with van der Waals surface area (Å²) in [6, 6.07) is 17.2. The summed E-state index contributed by atoms with van der Waals surface area (Å²) in [6.07, 6.45) is 0. The molecule has 0 spiro atoms. The van der Waals surface area contributed by atoms with E-state index >= 15 is 0 Å². The van der Waals surface area contributed by atoms with Gasteiger partial charge in [0.1, 0.15) is 11.4 Å². The number of rotatable bonds is 7. The lowest BCUT2D eigenvalue weighted by molar-refractivity contribution is 0.0697. The van der Waals surface area contributed by atoms with Crippen molar-refractivity contribution in [3.8, 4) is 0 Å². The number of benzene rings is 3. The Morgan fingerprint density at radius 2 is 1.75 bits per heavy atom. The van der Waals surface area contributed by atoms with Gasteiger partial charge >= 0.3 is 5.97 Å². The summed E-state index contributed by atoms with van der Waals surface area (Å²) in [5.41, 5.74) is 0.857. The average Bonchev–Trinajstić information content (AvgIpc) is 3.19. The second kappa shape index (κ2) is 8.56. The quantitative estimate of drug-likeness (QED) is 0.412. The highest BCUT2D eigenvalue weighted by molar-refractivity contribution is 7.92. The Kier molecular flexibility index (Phi) is 5.81. The molecular formula is C22H16FNO6S2. The number of carbonyl (C=O) groups is 1. The molecule has 0 saturated carbocycles. The Balaban J connectivity index is 1.62. The third kappa shape index (κ3) is 4.56. The second-order valence-corrected chi connectivity index (χ2v) is 9.87. The molecule has 0 aliphatic carbocycles. The molecule has 1 heterocycles. The Morgan fingerprint density at radius 3 is 2.44 bits per heavy atom. The first-order valence-electron chi connectivity index (χ1n) is 9.24. The van der Waals surface area contributed by atoms with Gasteiger partial charge in [-0.2, -0.15) is 8.42 Å². The number of nitrogens with one attached hydrogen (secondary N) is 1. The highest BCUT2D eigenvalue weighted by Crippen LogP contribution is 2.28. The van der Waals surface area contributed by atoms with E-state index in [-0.39, 0.29) is 27.0 Å². The third-order valence-electron chi connectivity index (χ3n) is 4.60. The zero-order valence-electron chi connectivity index (χ0n) is 16.3. The van der Waals surface area contributed by atoms with E-state index in [9.17, 15) is 21.8 Å². The summed E-state index contributed by atoms with van der Waals surface area (Å²) in [6.45, 7) is 0. The molecule has 3 aromatic carbocycles. The van der Waals surface area contributed by atoms with Crippen LogP contribution in [0.5, 0.6) is 0 Å². The van der Waals surface area contributed by atoms with E-state index in [1.54, 1.807) is 24.3 Å². The topological polar surface area (TPSA) is 114 Å². The number of anilines is 1. The van der Waals surface area contributed by atoms with E-state index in [1.165, 1.54) is 36.4 Å². The highest BCUT2D eigenvalue weighted by Gasteiger charge is 2.23. The molecule has 1 unspecified atom stereocenters. The number of para-hydroxylation sites is 1. The predicted octanol–water partition coefficient (Wildman–Crippen LogP) is 4.38. The number of hydrogen-bond acceptors (Lipinski definition) is 5. The van der Waals surface area contributed by atoms with Gasteiger partial charge in [0.25, 0.3) is 10.0 Å². The molecule has 0 fully saturated rings. The lowest BCUT2D eigenvalue weighted by Crippen LogP contribution is -2.14. The first-order valence-corrected chi connectivity index (χ1v) is 12.0. The Morgan fingerprint density at radius 1 is 1.03 bits per heavy atom. The minimum Gasteiger partial charge on any atom is -0.478 e. The number of aromatic carboxylic acids is 1. The Labute approximate surface area is 185 Å². The zero-order chi connectivity index (χ0) is 22.9. The van der Waals surface area contributed by atoms with Gasteiger partial charge in [-0.1, -0.05) is 30.3 Å². The number of hydrogen-bond donors (Lipinski definition) is 2. The number of fused-ring (bicyclic) bond motifs is 1. The van der Waals surface area contributed by atoms with Gasteiger partial charge in [-0.05, 0) is 42.0 Å². The summed E-state index contributed by atoms with van der Waals surface area (Å²) in [7, 11) is -5.97. The molecule has 0 bridgehead atoms. The van der Waals surface area contributed by atoms with Crippen LogP contribution in [0.1, 0.15) is 15.9 Å². The van der Waals surface area contributed by atoms with E-state index < -0.39 is 32.6 Å². The van der Waals surface area contributed by atoms with Crippen LogP contribution >= 0.6 is 0 Å². The average molecular weight is 474 g/mol. The third-order valence-corrected chi connectivity index (χ3v) is 7.26. The van der Waals surface area contributed by atoms with E-state index in [2.05, 4.69) is 4.72 Å². The van der Waals surface area contributed by atoms with Gasteiger partial charge in [0.15, 0.2) is 0 Å². The van der Waals surface area contributed by atoms with Gasteiger partial charge in [-0.25, -0.2) is 9.18 Å². The van der Waals surface area contributed by atoms with E-state index in [0.29, 0.717) is 16.5 Å². The maximum atomic E-state index is 13.9. The van der Waals surface area contributed by atoms with Gasteiger partial charge < -0.3 is 9.52 Å². The lowest BCUT2D eigenvalue weighted by atomic mass is 10.1. The molecule has 0 saturated heterocycles. The van der Waals surface area contributed by atoms with Crippen molar-refractivity contribution >= 4 is 43.4 Å². The monoisotopic (exact) mass is 473 g/mol. The molecule has 4 aromatic rings. The lowest BCUT2D eigenvalue weighted by Gasteiger charge is -2.12. The molecule has 1 aromatic heterocycles. The minimum absolute atomic E-state index is 0.0229. The van der Waals surface area contributed by atoms with Gasteiger partial charge in [0, 0.05) is 11.5 Å². The van der Waals surface area contributed by atoms with Crippen LogP contribution in [0.3, 0.4) is 0 Å². The van der Waals surface area contributed by atoms with Gasteiger partial charge in [0.2, 0.25) is 5.09 Å². The number of halogens is 1. The van der Waals surface area contributed by atoms with Crippen LogP contribution in [0, 0.1) is 5.82 Å². The highest BCUT2D eigenvalue weighted by atomic mass is 32.2. The summed E-state index contributed by atoms with van der Waals surface area (Å²) in [5, 5.41) is 9.20. The Bertz CT molecular complexity index is 1410. The molecular weight excluding hydrogens is 457 g/mol. The molecule has 0 radical (unpaired) electrons. The molecule has 10 heteroatoms. The molecule has 7 nitrogen and oxygen atoms in total.